The molecular weight excluding hydrogens is 126 g/mol. The number of hydrogen-bond acceptors (Lipinski definition) is 3. The monoisotopic (exact) mass is 134 g/mol. The molecule has 0 aromatic carbocycles. The van der Waals surface area contributed by atoms with Crippen molar-refractivity contribution in [1.29, 1.82) is 0 Å². The van der Waals surface area contributed by atoms with Gasteiger partial charge >= 0.3 is 0 Å². The highest BCUT2D eigenvalue weighted by atomic mass is 14.9. The van der Waals surface area contributed by atoms with Gasteiger partial charge in [0.05, 0.1) is 11.9 Å². The van der Waals surface area contributed by atoms with Crippen molar-refractivity contribution in [3.05, 3.63) is 23.8 Å². The van der Waals surface area contributed by atoms with E-state index in [1.807, 2.05) is 0 Å². The van der Waals surface area contributed by atoms with E-state index in [-0.39, 0.29) is 0 Å². The molecule has 0 aliphatic carbocycles. The Morgan fingerprint density at radius 1 is 1.60 bits per heavy atom. The summed E-state index contributed by atoms with van der Waals surface area (Å²) in [6.07, 6.45) is 5.48. The van der Waals surface area contributed by atoms with Crippen molar-refractivity contribution in [2.75, 3.05) is 6.54 Å². The first-order valence-electron chi connectivity index (χ1n) is 3.38. The van der Waals surface area contributed by atoms with Crippen LogP contribution in [0.15, 0.2) is 6.33 Å². The summed E-state index contributed by atoms with van der Waals surface area (Å²) in [6, 6.07) is 0. The number of fused-ring (bicyclic) bond motifs is 1. The maximum Gasteiger partial charge on any atom is 0.116 e. The lowest BCUT2D eigenvalue weighted by Crippen LogP contribution is -2.24. The van der Waals surface area contributed by atoms with Crippen LogP contribution in [0.2, 0.25) is 0 Å². The molecule has 0 saturated heterocycles. The minimum absolute atomic E-state index is 0.871. The fourth-order valence-corrected chi connectivity index (χ4v) is 1.12. The predicted octanol–water partition coefficient (Wildman–Crippen LogP) is -0.0775. The Hall–Kier alpha value is -0.960. The van der Waals surface area contributed by atoms with Crippen molar-refractivity contribution < 1.29 is 0 Å². The second-order valence-corrected chi connectivity index (χ2v) is 2.34. The van der Waals surface area contributed by atoms with Crippen LogP contribution in [0.25, 0.3) is 0 Å². The lowest BCUT2D eigenvalue weighted by atomic mass is 10.1. The lowest BCUT2D eigenvalue weighted by molar-refractivity contribution is 0.624. The number of aromatic nitrogens is 2. The summed E-state index contributed by atoms with van der Waals surface area (Å²) in [5, 5.41) is 3.23. The van der Waals surface area contributed by atoms with Gasteiger partial charge in [0.15, 0.2) is 0 Å². The van der Waals surface area contributed by atoms with Crippen LogP contribution in [0.1, 0.15) is 11.3 Å². The Morgan fingerprint density at radius 2 is 2.60 bits per heavy atom. The van der Waals surface area contributed by atoms with E-state index in [0.29, 0.717) is 0 Å². The third-order valence-electron chi connectivity index (χ3n) is 1.66. The average Bonchev–Trinajstić information content (AvgIpc) is 2.05. The molecule has 1 radical (unpaired) electrons. The standard InChI is InChI=1S/C7H8N3/c1-2-8-3-6-4-9-5-10-7(1)6/h5,8H,1-3H2. The molecule has 2 rings (SSSR count). The molecule has 1 aromatic rings. The second kappa shape index (κ2) is 2.34. The van der Waals surface area contributed by atoms with Crippen LogP contribution in [-0.2, 0) is 13.0 Å². The highest BCUT2D eigenvalue weighted by molar-refractivity contribution is 5.17. The van der Waals surface area contributed by atoms with Gasteiger partial charge in [0.1, 0.15) is 6.33 Å². The van der Waals surface area contributed by atoms with E-state index >= 15 is 0 Å². The number of rotatable bonds is 0. The van der Waals surface area contributed by atoms with E-state index < -0.39 is 0 Å². The molecule has 10 heavy (non-hydrogen) atoms. The quantitative estimate of drug-likeness (QED) is 0.539. The summed E-state index contributed by atoms with van der Waals surface area (Å²) in [5.41, 5.74) is 2.27. The third kappa shape index (κ3) is 0.885. The Morgan fingerprint density at radius 3 is 3.50 bits per heavy atom. The molecule has 0 unspecified atom stereocenters. The zero-order valence-electron chi connectivity index (χ0n) is 5.59. The summed E-state index contributed by atoms with van der Waals surface area (Å²) in [7, 11) is 0. The molecule has 51 valence electrons. The average molecular weight is 134 g/mol. The zero-order chi connectivity index (χ0) is 6.81. The minimum atomic E-state index is 0.871. The molecule has 0 atom stereocenters. The minimum Gasteiger partial charge on any atom is -0.312 e. The first-order chi connectivity index (χ1) is 4.97. The van der Waals surface area contributed by atoms with Gasteiger partial charge in [0, 0.05) is 25.1 Å². The van der Waals surface area contributed by atoms with Gasteiger partial charge in [-0.1, -0.05) is 0 Å². The maximum absolute atomic E-state index is 4.14. The fraction of sp³-hybridized carbons (Fsp3) is 0.429. The van der Waals surface area contributed by atoms with Gasteiger partial charge in [-0.25, -0.2) is 9.97 Å². The molecule has 1 N–H and O–H groups in total. The van der Waals surface area contributed by atoms with Gasteiger partial charge in [-0.05, 0) is 0 Å². The predicted molar refractivity (Wildman–Crippen MR) is 36.3 cm³/mol. The Labute approximate surface area is 59.5 Å². The van der Waals surface area contributed by atoms with E-state index in [0.717, 1.165) is 30.8 Å². The zero-order valence-corrected chi connectivity index (χ0v) is 5.59. The van der Waals surface area contributed by atoms with Crippen LogP contribution in [-0.4, -0.2) is 16.5 Å². The molecule has 2 heterocycles. The van der Waals surface area contributed by atoms with E-state index in [9.17, 15) is 0 Å². The fourth-order valence-electron chi connectivity index (χ4n) is 1.12. The van der Waals surface area contributed by atoms with E-state index in [1.165, 1.54) is 0 Å². The van der Waals surface area contributed by atoms with Crippen molar-refractivity contribution in [1.82, 2.24) is 15.3 Å². The Balaban J connectivity index is 2.41. The molecule has 3 nitrogen and oxygen atoms in total. The van der Waals surface area contributed by atoms with Crippen LogP contribution < -0.4 is 5.32 Å². The molecule has 1 aromatic heterocycles. The number of hydrogen-bond donors (Lipinski definition) is 1. The van der Waals surface area contributed by atoms with Crippen LogP contribution in [0.5, 0.6) is 0 Å². The van der Waals surface area contributed by atoms with Gasteiger partial charge in [-0.3, -0.25) is 0 Å². The molecule has 1 aliphatic rings. The maximum atomic E-state index is 4.14. The van der Waals surface area contributed by atoms with Crippen molar-refractivity contribution in [3.63, 3.8) is 0 Å². The van der Waals surface area contributed by atoms with Crippen LogP contribution >= 0.6 is 0 Å². The molecule has 0 fully saturated rings. The van der Waals surface area contributed by atoms with Crippen LogP contribution in [0.4, 0.5) is 0 Å². The van der Waals surface area contributed by atoms with Crippen LogP contribution in [0.3, 0.4) is 0 Å². The largest absolute Gasteiger partial charge is 0.312 e. The van der Waals surface area contributed by atoms with Gasteiger partial charge in [-0.2, -0.15) is 0 Å². The normalized spacial score (nSPS) is 16.4. The van der Waals surface area contributed by atoms with E-state index in [1.54, 1.807) is 6.33 Å². The SMILES string of the molecule is [c]1ncnc2c1CNCC2. The molecule has 0 bridgehead atoms. The van der Waals surface area contributed by atoms with Gasteiger partial charge < -0.3 is 5.32 Å². The second-order valence-electron chi connectivity index (χ2n) is 2.34. The van der Waals surface area contributed by atoms with E-state index in [4.69, 9.17) is 0 Å². The summed E-state index contributed by atoms with van der Waals surface area (Å²) in [6.45, 7) is 1.90. The summed E-state index contributed by atoms with van der Waals surface area (Å²) in [5.74, 6) is 0. The third-order valence-corrected chi connectivity index (χ3v) is 1.66. The first kappa shape index (κ1) is 5.80. The van der Waals surface area contributed by atoms with Gasteiger partial charge in [0.25, 0.3) is 0 Å². The molecule has 0 spiro atoms. The summed E-state index contributed by atoms with van der Waals surface area (Å²) in [4.78, 5) is 7.96. The van der Waals surface area contributed by atoms with Crippen LogP contribution in [0, 0.1) is 6.20 Å². The van der Waals surface area contributed by atoms with E-state index in [2.05, 4.69) is 21.5 Å². The number of nitrogens with one attached hydrogen (secondary N) is 1. The molecule has 0 saturated carbocycles. The highest BCUT2D eigenvalue weighted by Crippen LogP contribution is 2.06. The van der Waals surface area contributed by atoms with Gasteiger partial charge in [0.2, 0.25) is 0 Å². The van der Waals surface area contributed by atoms with Crippen molar-refractivity contribution in [2.24, 2.45) is 0 Å². The smallest absolute Gasteiger partial charge is 0.116 e. The van der Waals surface area contributed by atoms with Crippen molar-refractivity contribution in [2.45, 2.75) is 13.0 Å². The molecule has 1 aliphatic heterocycles. The lowest BCUT2D eigenvalue weighted by Gasteiger charge is -2.13. The molecular formula is C7H8N3. The molecule has 3 heteroatoms. The summed E-state index contributed by atoms with van der Waals surface area (Å²) < 4.78 is 0. The van der Waals surface area contributed by atoms with Gasteiger partial charge in [-0.15, -0.1) is 0 Å². The van der Waals surface area contributed by atoms with Crippen molar-refractivity contribution in [3.8, 4) is 0 Å². The summed E-state index contributed by atoms with van der Waals surface area (Å²) >= 11 is 0. The Bertz CT molecular complexity index is 209. The molecule has 0 amide bonds. The Kier molecular flexibility index (Phi) is 1.36. The van der Waals surface area contributed by atoms with Crippen molar-refractivity contribution >= 4 is 0 Å². The first-order valence-corrected chi connectivity index (χ1v) is 3.38. The number of nitrogens with zero attached hydrogens (tertiary/aromatic N) is 2. The topological polar surface area (TPSA) is 37.8 Å². The highest BCUT2D eigenvalue weighted by Gasteiger charge is 2.08.